The van der Waals surface area contributed by atoms with Crippen LogP contribution in [0.15, 0.2) is 25.0 Å². The first-order chi connectivity index (χ1) is 4.22. The van der Waals surface area contributed by atoms with Crippen molar-refractivity contribution >= 4 is 8.46 Å². The summed E-state index contributed by atoms with van der Waals surface area (Å²) < 4.78 is 10.2. The summed E-state index contributed by atoms with van der Waals surface area (Å²) in [6.07, 6.45) is 2.09. The molecule has 0 aliphatic carbocycles. The maximum absolute atomic E-state index is 10.2. The van der Waals surface area contributed by atoms with Gasteiger partial charge in [-0.15, -0.1) is 6.58 Å². The number of aliphatic hydroxyl groups is 1. The fourth-order valence-electron chi connectivity index (χ4n) is 0.398. The van der Waals surface area contributed by atoms with Gasteiger partial charge >= 0.3 is 0 Å². The standard InChI is InChI=1S/C6H9O2P/c1-3-4-6(9-8)5(2)7/h3,6-7H,1-2,4H2. The van der Waals surface area contributed by atoms with Crippen LogP contribution in [0.1, 0.15) is 6.42 Å². The Balaban J connectivity index is 3.81. The summed E-state index contributed by atoms with van der Waals surface area (Å²) in [6.45, 7) is 6.68. The zero-order valence-electron chi connectivity index (χ0n) is 5.08. The summed E-state index contributed by atoms with van der Waals surface area (Å²) in [5.41, 5.74) is -0.373. The Morgan fingerprint density at radius 1 is 1.89 bits per heavy atom. The maximum atomic E-state index is 10.2. The molecule has 0 amide bonds. The minimum Gasteiger partial charge on any atom is -0.512 e. The van der Waals surface area contributed by atoms with Crippen LogP contribution >= 0.6 is 8.46 Å². The van der Waals surface area contributed by atoms with Crippen LogP contribution in [0, 0.1) is 0 Å². The van der Waals surface area contributed by atoms with Crippen molar-refractivity contribution in [2.24, 2.45) is 0 Å². The first-order valence-electron chi connectivity index (χ1n) is 2.53. The molecule has 1 atom stereocenters. The minimum atomic E-state index is -0.373. The monoisotopic (exact) mass is 144 g/mol. The van der Waals surface area contributed by atoms with Crippen LogP contribution in [0.25, 0.3) is 0 Å². The lowest BCUT2D eigenvalue weighted by molar-refractivity contribution is 0.394. The van der Waals surface area contributed by atoms with Gasteiger partial charge in [0.1, 0.15) is 0 Å². The molecular formula is C6H9O2P. The van der Waals surface area contributed by atoms with Crippen molar-refractivity contribution in [2.45, 2.75) is 12.1 Å². The van der Waals surface area contributed by atoms with E-state index in [4.69, 9.17) is 5.11 Å². The smallest absolute Gasteiger partial charge is 0.167 e. The van der Waals surface area contributed by atoms with Gasteiger partial charge in [0.2, 0.25) is 0 Å². The van der Waals surface area contributed by atoms with Gasteiger partial charge in [-0.05, 0) is 6.42 Å². The molecule has 0 aliphatic rings. The highest BCUT2D eigenvalue weighted by atomic mass is 31.1. The van der Waals surface area contributed by atoms with Crippen molar-refractivity contribution in [3.8, 4) is 0 Å². The normalized spacial score (nSPS) is 12.9. The van der Waals surface area contributed by atoms with Crippen molar-refractivity contribution in [1.82, 2.24) is 0 Å². The summed E-state index contributed by atoms with van der Waals surface area (Å²) >= 11 is 0. The molecule has 0 aromatic heterocycles. The van der Waals surface area contributed by atoms with E-state index in [9.17, 15) is 4.57 Å². The van der Waals surface area contributed by atoms with Crippen LogP contribution in [0.5, 0.6) is 0 Å². The maximum Gasteiger partial charge on any atom is 0.167 e. The summed E-state index contributed by atoms with van der Waals surface area (Å²) in [5, 5.41) is 8.69. The van der Waals surface area contributed by atoms with Crippen LogP contribution in [-0.2, 0) is 4.57 Å². The highest BCUT2D eigenvalue weighted by Crippen LogP contribution is 2.16. The first kappa shape index (κ1) is 8.38. The highest BCUT2D eigenvalue weighted by Gasteiger charge is 2.07. The van der Waals surface area contributed by atoms with Gasteiger partial charge in [-0.2, -0.15) is 0 Å². The van der Waals surface area contributed by atoms with Gasteiger partial charge in [0.15, 0.2) is 8.46 Å². The fraction of sp³-hybridized carbons (Fsp3) is 0.333. The topological polar surface area (TPSA) is 37.3 Å². The van der Waals surface area contributed by atoms with Crippen LogP contribution in [0.4, 0.5) is 0 Å². The second kappa shape index (κ2) is 4.28. The quantitative estimate of drug-likeness (QED) is 0.373. The molecule has 1 unspecified atom stereocenters. The highest BCUT2D eigenvalue weighted by molar-refractivity contribution is 7.25. The lowest BCUT2D eigenvalue weighted by Gasteiger charge is -2.00. The molecule has 0 aromatic carbocycles. The Kier molecular flexibility index (Phi) is 3.98. The van der Waals surface area contributed by atoms with E-state index in [-0.39, 0.29) is 19.9 Å². The van der Waals surface area contributed by atoms with Crippen LogP contribution in [-0.4, -0.2) is 10.8 Å². The van der Waals surface area contributed by atoms with Gasteiger partial charge in [-0.1, -0.05) is 12.7 Å². The summed E-state index contributed by atoms with van der Waals surface area (Å²) in [7, 11) is -0.101. The zero-order chi connectivity index (χ0) is 7.28. The molecule has 2 nitrogen and oxygen atoms in total. The van der Waals surface area contributed by atoms with E-state index in [0.29, 0.717) is 6.42 Å². The molecule has 1 N–H and O–H groups in total. The van der Waals surface area contributed by atoms with Crippen LogP contribution in [0.2, 0.25) is 0 Å². The van der Waals surface area contributed by atoms with Gasteiger partial charge in [-0.3, -0.25) is 4.57 Å². The Labute approximate surface area is 56.1 Å². The van der Waals surface area contributed by atoms with E-state index in [1.807, 2.05) is 0 Å². The molecule has 0 rings (SSSR count). The van der Waals surface area contributed by atoms with E-state index < -0.39 is 0 Å². The summed E-state index contributed by atoms with van der Waals surface area (Å²) in [6, 6.07) is 0. The largest absolute Gasteiger partial charge is 0.512 e. The predicted octanol–water partition coefficient (Wildman–Crippen LogP) is 2.29. The molecule has 0 aromatic rings. The molecule has 50 valence electrons. The van der Waals surface area contributed by atoms with E-state index >= 15 is 0 Å². The van der Waals surface area contributed by atoms with Crippen molar-refractivity contribution in [1.29, 1.82) is 0 Å². The van der Waals surface area contributed by atoms with E-state index in [1.165, 1.54) is 0 Å². The van der Waals surface area contributed by atoms with E-state index in [2.05, 4.69) is 13.2 Å². The van der Waals surface area contributed by atoms with Crippen molar-refractivity contribution < 1.29 is 9.67 Å². The lowest BCUT2D eigenvalue weighted by Crippen LogP contribution is -1.98. The van der Waals surface area contributed by atoms with Crippen LogP contribution < -0.4 is 0 Å². The van der Waals surface area contributed by atoms with Crippen molar-refractivity contribution in [3.05, 3.63) is 25.0 Å². The average Bonchev–Trinajstić information content (AvgIpc) is 1.82. The molecule has 9 heavy (non-hydrogen) atoms. The van der Waals surface area contributed by atoms with Gasteiger partial charge in [-0.25, -0.2) is 0 Å². The third kappa shape index (κ3) is 3.04. The van der Waals surface area contributed by atoms with E-state index in [0.717, 1.165) is 0 Å². The second-order valence-corrected chi connectivity index (χ2v) is 2.47. The Hall–Kier alpha value is -0.620. The number of allylic oxidation sites excluding steroid dienone is 2. The Morgan fingerprint density at radius 2 is 2.44 bits per heavy atom. The van der Waals surface area contributed by atoms with Gasteiger partial charge in [0.25, 0.3) is 0 Å². The number of hydrogen-bond donors (Lipinski definition) is 1. The van der Waals surface area contributed by atoms with Crippen molar-refractivity contribution in [3.63, 3.8) is 0 Å². The molecule has 0 heterocycles. The van der Waals surface area contributed by atoms with Crippen LogP contribution in [0.3, 0.4) is 0 Å². The van der Waals surface area contributed by atoms with Crippen molar-refractivity contribution in [2.75, 3.05) is 0 Å². The molecule has 0 aliphatic heterocycles. The molecule has 0 spiro atoms. The molecule has 0 bridgehead atoms. The molecule has 0 saturated heterocycles. The lowest BCUT2D eigenvalue weighted by atomic mass is 10.3. The predicted molar refractivity (Wildman–Crippen MR) is 38.0 cm³/mol. The molecule has 0 saturated carbocycles. The molecule has 0 fully saturated rings. The summed E-state index contributed by atoms with van der Waals surface area (Å²) in [5.74, 6) is -0.0495. The SMILES string of the molecule is C=CCC(P=O)C(=C)O. The molecule has 3 heteroatoms. The summed E-state index contributed by atoms with van der Waals surface area (Å²) in [4.78, 5) is 0. The number of rotatable bonds is 4. The molecule has 0 radical (unpaired) electrons. The van der Waals surface area contributed by atoms with Gasteiger partial charge in [0.05, 0.1) is 11.4 Å². The third-order valence-electron chi connectivity index (χ3n) is 0.902. The van der Waals surface area contributed by atoms with Gasteiger partial charge < -0.3 is 5.11 Å². The van der Waals surface area contributed by atoms with Gasteiger partial charge in [0, 0.05) is 0 Å². The Bertz CT molecular complexity index is 131. The first-order valence-corrected chi connectivity index (χ1v) is 3.41. The zero-order valence-corrected chi connectivity index (χ0v) is 5.97. The van der Waals surface area contributed by atoms with E-state index in [1.54, 1.807) is 6.08 Å². The third-order valence-corrected chi connectivity index (χ3v) is 1.67. The number of aliphatic hydroxyl groups excluding tert-OH is 1. The number of hydrogen-bond acceptors (Lipinski definition) is 2. The molecular weight excluding hydrogens is 135 g/mol. The second-order valence-electron chi connectivity index (χ2n) is 1.64. The Morgan fingerprint density at radius 3 is 2.56 bits per heavy atom. The minimum absolute atomic E-state index is 0.0495. The average molecular weight is 144 g/mol. The fourth-order valence-corrected chi connectivity index (χ4v) is 0.755.